The van der Waals surface area contributed by atoms with E-state index in [1.54, 1.807) is 0 Å². The number of thioether (sulfide) groups is 1. The molecule has 0 aromatic rings. The van der Waals surface area contributed by atoms with E-state index in [2.05, 4.69) is 11.8 Å². The van der Waals surface area contributed by atoms with Crippen LogP contribution in [0.4, 0.5) is 0 Å². The number of hydrogen-bond donors (Lipinski definition) is 1. The summed E-state index contributed by atoms with van der Waals surface area (Å²) in [6, 6.07) is 0. The Morgan fingerprint density at radius 2 is 2.30 bits per heavy atom. The van der Waals surface area contributed by atoms with Gasteiger partial charge in [0.05, 0.1) is 0 Å². The van der Waals surface area contributed by atoms with Crippen LogP contribution in [0.5, 0.6) is 0 Å². The molecule has 1 unspecified atom stereocenters. The van der Waals surface area contributed by atoms with E-state index in [1.165, 1.54) is 30.8 Å². The first-order valence-electron chi connectivity index (χ1n) is 4.15. The topological polar surface area (TPSA) is 26.0 Å². The lowest BCUT2D eigenvalue weighted by Crippen LogP contribution is -2.32. The van der Waals surface area contributed by atoms with Crippen molar-refractivity contribution in [1.82, 2.24) is 0 Å². The van der Waals surface area contributed by atoms with Crippen LogP contribution in [-0.2, 0) is 0 Å². The van der Waals surface area contributed by atoms with Crippen molar-refractivity contribution in [2.75, 3.05) is 18.1 Å². The van der Waals surface area contributed by atoms with Crippen LogP contribution in [0, 0.1) is 11.3 Å². The van der Waals surface area contributed by atoms with Gasteiger partial charge in [-0.1, -0.05) is 0 Å². The zero-order chi connectivity index (χ0) is 7.03. The van der Waals surface area contributed by atoms with E-state index in [-0.39, 0.29) is 0 Å². The van der Waals surface area contributed by atoms with E-state index in [0.717, 1.165) is 12.5 Å². The largest absolute Gasteiger partial charge is 0.330 e. The zero-order valence-corrected chi connectivity index (χ0v) is 7.12. The maximum atomic E-state index is 5.80. The molecule has 0 spiro atoms. The van der Waals surface area contributed by atoms with Crippen LogP contribution in [0.15, 0.2) is 0 Å². The highest BCUT2D eigenvalue weighted by atomic mass is 32.2. The molecule has 2 fully saturated rings. The van der Waals surface area contributed by atoms with Gasteiger partial charge in [-0.05, 0) is 42.9 Å². The molecule has 2 aliphatic rings. The van der Waals surface area contributed by atoms with E-state index in [0.29, 0.717) is 5.41 Å². The Morgan fingerprint density at radius 1 is 1.50 bits per heavy atom. The number of nitrogens with two attached hydrogens (primary N) is 1. The van der Waals surface area contributed by atoms with Gasteiger partial charge in [-0.3, -0.25) is 0 Å². The van der Waals surface area contributed by atoms with Gasteiger partial charge in [-0.15, -0.1) is 0 Å². The molecule has 0 radical (unpaired) electrons. The average molecular weight is 157 g/mol. The Labute approximate surface area is 66.7 Å². The highest BCUT2D eigenvalue weighted by Gasteiger charge is 2.45. The molecule has 2 heteroatoms. The molecule has 1 saturated carbocycles. The highest BCUT2D eigenvalue weighted by molar-refractivity contribution is 7.99. The maximum absolute atomic E-state index is 5.80. The molecule has 1 aliphatic carbocycles. The standard InChI is InChI=1S/C8H15NS/c9-5-8(7-1-2-7)3-4-10-6-8/h7H,1-6,9H2. The SMILES string of the molecule is NCC1(C2CC2)CCSC1. The summed E-state index contributed by atoms with van der Waals surface area (Å²) in [6.45, 7) is 0.935. The quantitative estimate of drug-likeness (QED) is 0.657. The van der Waals surface area contributed by atoms with Crippen LogP contribution in [0.1, 0.15) is 19.3 Å². The lowest BCUT2D eigenvalue weighted by Gasteiger charge is -2.25. The molecule has 2 rings (SSSR count). The second kappa shape index (κ2) is 2.42. The van der Waals surface area contributed by atoms with Crippen molar-refractivity contribution < 1.29 is 0 Å². The molecular formula is C8H15NS. The van der Waals surface area contributed by atoms with Crippen molar-refractivity contribution in [3.05, 3.63) is 0 Å². The number of hydrogen-bond acceptors (Lipinski definition) is 2. The van der Waals surface area contributed by atoms with Crippen molar-refractivity contribution >= 4 is 11.8 Å². The molecule has 1 nitrogen and oxygen atoms in total. The van der Waals surface area contributed by atoms with Gasteiger partial charge in [0.1, 0.15) is 0 Å². The third-order valence-electron chi connectivity index (χ3n) is 2.98. The maximum Gasteiger partial charge on any atom is 0.000424 e. The van der Waals surface area contributed by atoms with Gasteiger partial charge < -0.3 is 5.73 Å². The van der Waals surface area contributed by atoms with Gasteiger partial charge in [0.25, 0.3) is 0 Å². The summed E-state index contributed by atoms with van der Waals surface area (Å²) in [5.74, 6) is 3.70. The normalized spacial score (nSPS) is 40.5. The van der Waals surface area contributed by atoms with Gasteiger partial charge in [0.15, 0.2) is 0 Å². The van der Waals surface area contributed by atoms with Crippen molar-refractivity contribution in [2.24, 2.45) is 17.1 Å². The molecule has 0 bridgehead atoms. The fourth-order valence-corrected chi connectivity index (χ4v) is 3.57. The Kier molecular flexibility index (Phi) is 1.69. The summed E-state index contributed by atoms with van der Waals surface area (Å²) < 4.78 is 0. The molecule has 1 heterocycles. The third kappa shape index (κ3) is 0.978. The van der Waals surface area contributed by atoms with E-state index in [4.69, 9.17) is 5.73 Å². The molecule has 10 heavy (non-hydrogen) atoms. The predicted molar refractivity (Wildman–Crippen MR) is 46.2 cm³/mol. The molecule has 1 atom stereocenters. The molecule has 0 aromatic heterocycles. The van der Waals surface area contributed by atoms with Crippen molar-refractivity contribution in [3.63, 3.8) is 0 Å². The molecule has 0 amide bonds. The minimum absolute atomic E-state index is 0.588. The lowest BCUT2D eigenvalue weighted by molar-refractivity contribution is 0.295. The van der Waals surface area contributed by atoms with E-state index in [9.17, 15) is 0 Å². The van der Waals surface area contributed by atoms with Crippen LogP contribution in [-0.4, -0.2) is 18.1 Å². The molecule has 2 N–H and O–H groups in total. The molecular weight excluding hydrogens is 142 g/mol. The Morgan fingerprint density at radius 3 is 2.70 bits per heavy atom. The van der Waals surface area contributed by atoms with E-state index < -0.39 is 0 Å². The van der Waals surface area contributed by atoms with Crippen LogP contribution in [0.25, 0.3) is 0 Å². The minimum Gasteiger partial charge on any atom is -0.330 e. The number of rotatable bonds is 2. The summed E-state index contributed by atoms with van der Waals surface area (Å²) >= 11 is 2.09. The van der Waals surface area contributed by atoms with Gasteiger partial charge in [-0.2, -0.15) is 11.8 Å². The van der Waals surface area contributed by atoms with Gasteiger partial charge in [-0.25, -0.2) is 0 Å². The van der Waals surface area contributed by atoms with Gasteiger partial charge in [0.2, 0.25) is 0 Å². The Balaban J connectivity index is 2.04. The fraction of sp³-hybridized carbons (Fsp3) is 1.00. The highest BCUT2D eigenvalue weighted by Crippen LogP contribution is 2.52. The summed E-state index contributed by atoms with van der Waals surface area (Å²) in [5, 5.41) is 0. The Hall–Kier alpha value is 0.310. The second-order valence-corrected chi connectivity index (χ2v) is 4.75. The van der Waals surface area contributed by atoms with Gasteiger partial charge >= 0.3 is 0 Å². The Bertz CT molecular complexity index is 125. The van der Waals surface area contributed by atoms with E-state index >= 15 is 0 Å². The minimum atomic E-state index is 0.588. The van der Waals surface area contributed by atoms with Crippen LogP contribution in [0.2, 0.25) is 0 Å². The van der Waals surface area contributed by atoms with Crippen molar-refractivity contribution in [3.8, 4) is 0 Å². The third-order valence-corrected chi connectivity index (χ3v) is 4.26. The first-order chi connectivity index (χ1) is 4.87. The molecule has 1 aliphatic heterocycles. The first-order valence-corrected chi connectivity index (χ1v) is 5.31. The smallest absolute Gasteiger partial charge is 0.000424 e. The fourth-order valence-electron chi connectivity index (χ4n) is 1.97. The van der Waals surface area contributed by atoms with Crippen molar-refractivity contribution in [1.29, 1.82) is 0 Å². The monoisotopic (exact) mass is 157 g/mol. The molecule has 0 aromatic carbocycles. The molecule has 1 saturated heterocycles. The summed E-state index contributed by atoms with van der Waals surface area (Å²) in [4.78, 5) is 0. The first kappa shape index (κ1) is 6.99. The predicted octanol–water partition coefficient (Wildman–Crippen LogP) is 1.48. The van der Waals surface area contributed by atoms with E-state index in [1.807, 2.05) is 0 Å². The lowest BCUT2D eigenvalue weighted by atomic mass is 9.82. The second-order valence-electron chi connectivity index (χ2n) is 3.64. The van der Waals surface area contributed by atoms with Crippen LogP contribution >= 0.6 is 11.8 Å². The summed E-state index contributed by atoms with van der Waals surface area (Å²) in [6.07, 6.45) is 4.30. The summed E-state index contributed by atoms with van der Waals surface area (Å²) in [5.41, 5.74) is 6.38. The van der Waals surface area contributed by atoms with Crippen molar-refractivity contribution in [2.45, 2.75) is 19.3 Å². The average Bonchev–Trinajstić information content (AvgIpc) is 2.71. The zero-order valence-electron chi connectivity index (χ0n) is 6.31. The molecule has 58 valence electrons. The van der Waals surface area contributed by atoms with Gasteiger partial charge in [0, 0.05) is 5.75 Å². The summed E-state index contributed by atoms with van der Waals surface area (Å²) in [7, 11) is 0. The van der Waals surface area contributed by atoms with Crippen LogP contribution in [0.3, 0.4) is 0 Å². The van der Waals surface area contributed by atoms with Crippen LogP contribution < -0.4 is 5.73 Å².